The molecule has 8 N–H and O–H groups in total. The lowest BCUT2D eigenvalue weighted by molar-refractivity contribution is -0.335. The van der Waals surface area contributed by atoms with Crippen molar-refractivity contribution in [2.45, 2.75) is 186 Å². The monoisotopic (exact) mass is 782 g/mol. The van der Waals surface area contributed by atoms with Gasteiger partial charge in [-0.05, 0) is 125 Å². The molecule has 4 saturated carbocycles. The van der Waals surface area contributed by atoms with E-state index >= 15 is 0 Å². The van der Waals surface area contributed by atoms with Crippen LogP contribution in [0.2, 0.25) is 0 Å². The molecule has 6 aliphatic rings. The molecule has 4 aliphatic carbocycles. The summed E-state index contributed by atoms with van der Waals surface area (Å²) >= 11 is 0. The van der Waals surface area contributed by atoms with Gasteiger partial charge in [0.2, 0.25) is 0 Å². The number of aliphatic hydroxyl groups excluding tert-OH is 8. The van der Waals surface area contributed by atoms with Gasteiger partial charge in [-0.15, -0.1) is 0 Å². The van der Waals surface area contributed by atoms with E-state index in [9.17, 15) is 45.6 Å². The quantitative estimate of drug-likeness (QED) is 0.0860. The Kier molecular flexibility index (Phi) is 12.5. The first-order valence-corrected chi connectivity index (χ1v) is 20.8. The minimum Gasteiger partial charge on any atom is -0.394 e. The summed E-state index contributed by atoms with van der Waals surface area (Å²) in [6.45, 7) is 14.2. The summed E-state index contributed by atoms with van der Waals surface area (Å²) in [5.74, 6) is 0.430. The number of fused-ring (bicyclic) bond motifs is 5. The first-order chi connectivity index (χ1) is 25.8. The largest absolute Gasteiger partial charge is 0.394 e. The lowest BCUT2D eigenvalue weighted by Crippen LogP contribution is -2.67. The summed E-state index contributed by atoms with van der Waals surface area (Å²) in [6.07, 6.45) is -2.74. The molecule has 0 aromatic heterocycles. The number of carbonyl (C=O) groups is 1. The maximum atomic E-state index is 13.7. The molecular formula is C42H70O13. The average Bonchev–Trinajstić information content (AvgIpc) is 3.51. The van der Waals surface area contributed by atoms with Crippen molar-refractivity contribution >= 4 is 6.29 Å². The summed E-state index contributed by atoms with van der Waals surface area (Å²) in [5.41, 5.74) is -0.993. The number of aldehydes is 1. The van der Waals surface area contributed by atoms with Gasteiger partial charge in [0, 0.05) is 5.41 Å². The minimum atomic E-state index is -1.53. The van der Waals surface area contributed by atoms with Gasteiger partial charge in [0.05, 0.1) is 24.9 Å². The number of ether oxygens (including phenoxy) is 4. The van der Waals surface area contributed by atoms with Crippen molar-refractivity contribution in [2.24, 2.45) is 45.3 Å². The molecule has 6 fully saturated rings. The minimum absolute atomic E-state index is 0.0135. The van der Waals surface area contributed by atoms with Crippen LogP contribution in [-0.2, 0) is 23.7 Å². The highest BCUT2D eigenvalue weighted by molar-refractivity contribution is 5.62. The maximum Gasteiger partial charge on any atom is 0.187 e. The Morgan fingerprint density at radius 2 is 1.31 bits per heavy atom. The third-order valence-electron chi connectivity index (χ3n) is 16.5. The van der Waals surface area contributed by atoms with Crippen molar-refractivity contribution < 1.29 is 64.6 Å². The van der Waals surface area contributed by atoms with E-state index in [4.69, 9.17) is 18.9 Å². The fourth-order valence-electron chi connectivity index (χ4n) is 13.2. The van der Waals surface area contributed by atoms with E-state index in [1.54, 1.807) is 0 Å². The molecule has 316 valence electrons. The van der Waals surface area contributed by atoms with Crippen molar-refractivity contribution in [3.05, 3.63) is 11.6 Å². The second-order valence-electron chi connectivity index (χ2n) is 19.7. The van der Waals surface area contributed by atoms with Gasteiger partial charge < -0.3 is 64.6 Å². The smallest absolute Gasteiger partial charge is 0.187 e. The number of aliphatic hydroxyl groups is 8. The molecule has 0 aromatic rings. The van der Waals surface area contributed by atoms with Crippen LogP contribution in [0.4, 0.5) is 0 Å². The lowest BCUT2D eigenvalue weighted by atomic mass is 9.35. The fraction of sp³-hybridized carbons (Fsp3) is 0.929. The van der Waals surface area contributed by atoms with Crippen LogP contribution in [0.15, 0.2) is 11.6 Å². The Morgan fingerprint density at radius 1 is 0.727 bits per heavy atom. The molecule has 0 aromatic carbocycles. The van der Waals surface area contributed by atoms with E-state index in [2.05, 4.69) is 54.5 Å². The number of allylic oxidation sites excluding steroid dienone is 2. The number of carbonyl (C=O) groups excluding carboxylic acids is 1. The van der Waals surface area contributed by atoms with E-state index in [-0.39, 0.29) is 34.5 Å². The number of hydrogen-bond acceptors (Lipinski definition) is 13. The van der Waals surface area contributed by atoms with Crippen LogP contribution in [0.1, 0.15) is 113 Å². The molecule has 2 aliphatic heterocycles. The Morgan fingerprint density at radius 3 is 1.89 bits per heavy atom. The molecule has 13 heteroatoms. The number of hydrogen-bond donors (Lipinski definition) is 8. The summed E-state index contributed by atoms with van der Waals surface area (Å²) < 4.78 is 24.9. The van der Waals surface area contributed by atoms with E-state index in [1.165, 1.54) is 11.9 Å². The molecule has 13 nitrogen and oxygen atoms in total. The normalized spacial score (nSPS) is 50.6. The van der Waals surface area contributed by atoms with Gasteiger partial charge in [0.15, 0.2) is 12.6 Å². The van der Waals surface area contributed by atoms with Crippen molar-refractivity contribution in [3.63, 3.8) is 0 Å². The maximum absolute atomic E-state index is 13.7. The molecule has 0 spiro atoms. The Balaban J connectivity index is 1.26. The summed E-state index contributed by atoms with van der Waals surface area (Å²) in [5, 5.41) is 83.4. The van der Waals surface area contributed by atoms with E-state index in [0.29, 0.717) is 19.3 Å². The SMILES string of the molecule is CC(C)=CCC[C@](C)(O[C@@H]1O[C@H](CO)[C@@H](O)[C@H](O)[C@H]1O)[C@H]1CC[C@]2(C)[C@@H]1CC[C@@H]1[C@@]3(C=O)CC[C@H](O[C@@H]4O[C@H](CO)[C@@H](O)[C@H](O)[C@H]4O)C(C)(C)[C@@H]3CC[C@]12C. The van der Waals surface area contributed by atoms with Gasteiger partial charge in [0.25, 0.3) is 0 Å². The van der Waals surface area contributed by atoms with E-state index in [1.807, 2.05) is 0 Å². The van der Waals surface area contributed by atoms with Gasteiger partial charge in [-0.3, -0.25) is 0 Å². The highest BCUT2D eigenvalue weighted by Gasteiger charge is 2.71. The average molecular weight is 783 g/mol. The second kappa shape index (κ2) is 15.8. The topological polar surface area (TPSA) is 216 Å². The third-order valence-corrected chi connectivity index (χ3v) is 16.5. The molecule has 2 heterocycles. The summed E-state index contributed by atoms with van der Waals surface area (Å²) in [7, 11) is 0. The molecule has 55 heavy (non-hydrogen) atoms. The van der Waals surface area contributed by atoms with Crippen molar-refractivity contribution in [1.82, 2.24) is 0 Å². The first kappa shape index (κ1) is 43.5. The van der Waals surface area contributed by atoms with Crippen LogP contribution in [-0.4, -0.2) is 133 Å². The van der Waals surface area contributed by atoms with Gasteiger partial charge in [-0.2, -0.15) is 0 Å². The van der Waals surface area contributed by atoms with Crippen molar-refractivity contribution in [1.29, 1.82) is 0 Å². The zero-order chi connectivity index (χ0) is 40.5. The molecular weight excluding hydrogens is 712 g/mol. The van der Waals surface area contributed by atoms with Crippen molar-refractivity contribution in [2.75, 3.05) is 13.2 Å². The Bertz CT molecular complexity index is 1380. The highest BCUT2D eigenvalue weighted by atomic mass is 16.7. The zero-order valence-electron chi connectivity index (χ0n) is 33.9. The first-order valence-electron chi connectivity index (χ1n) is 20.8. The molecule has 0 bridgehead atoms. The standard InChI is InChI=1S/C42H70O13/c1-22(2)9-8-15-41(7,55-37-35(51)33(49)31(47)26(20-44)53-37)24-12-16-39(5)23(24)10-11-28-40(39,6)17-13-27-38(3,4)29(14-18-42(27,28)21-45)54-36-34(50)32(48)30(46)25(19-43)52-36/h9,21,23-37,43-44,46-51H,8,10-20H2,1-7H3/t23-,24+,25-,26-,27+,28+,29+,30-,31-,32+,33+,34-,35-,36+,37+,39-,40-,41+,42-/m1/s1. The van der Waals surface area contributed by atoms with Crippen molar-refractivity contribution in [3.8, 4) is 0 Å². The Hall–Kier alpha value is -1.07. The zero-order valence-corrected chi connectivity index (χ0v) is 33.9. The van der Waals surface area contributed by atoms with Gasteiger partial charge in [-0.25, -0.2) is 0 Å². The van der Waals surface area contributed by atoms with Gasteiger partial charge in [0.1, 0.15) is 55.1 Å². The van der Waals surface area contributed by atoms with Crippen LogP contribution in [0.25, 0.3) is 0 Å². The van der Waals surface area contributed by atoms with Crippen LogP contribution in [0.5, 0.6) is 0 Å². The fourth-order valence-corrected chi connectivity index (χ4v) is 13.2. The summed E-state index contributed by atoms with van der Waals surface area (Å²) in [4.78, 5) is 13.7. The van der Waals surface area contributed by atoms with E-state index < -0.39 is 97.2 Å². The van der Waals surface area contributed by atoms with Gasteiger partial charge in [-0.1, -0.05) is 39.3 Å². The summed E-state index contributed by atoms with van der Waals surface area (Å²) in [6, 6.07) is 0. The van der Waals surface area contributed by atoms with Gasteiger partial charge >= 0.3 is 0 Å². The predicted octanol–water partition coefficient (Wildman–Crippen LogP) is 2.36. The molecule has 0 radical (unpaired) electrons. The highest BCUT2D eigenvalue weighted by Crippen LogP contribution is 2.76. The second-order valence-corrected chi connectivity index (χ2v) is 19.7. The molecule has 6 rings (SSSR count). The number of rotatable bonds is 11. The molecule has 0 amide bonds. The molecule has 2 saturated heterocycles. The lowest BCUT2D eigenvalue weighted by Gasteiger charge is -2.69. The van der Waals surface area contributed by atoms with Crippen LogP contribution >= 0.6 is 0 Å². The predicted molar refractivity (Wildman–Crippen MR) is 200 cm³/mol. The molecule has 19 atom stereocenters. The van der Waals surface area contributed by atoms with E-state index in [0.717, 1.165) is 44.9 Å². The molecule has 0 unspecified atom stereocenters. The van der Waals surface area contributed by atoms with Crippen LogP contribution in [0, 0.1) is 45.3 Å². The van der Waals surface area contributed by atoms with Crippen LogP contribution < -0.4 is 0 Å². The third kappa shape index (κ3) is 7.01. The van der Waals surface area contributed by atoms with Crippen LogP contribution in [0.3, 0.4) is 0 Å². The Labute approximate surface area is 326 Å².